The van der Waals surface area contributed by atoms with Crippen LogP contribution < -0.4 is 10.6 Å². The maximum atomic E-state index is 11.7. The van der Waals surface area contributed by atoms with Gasteiger partial charge in [-0.25, -0.2) is 0 Å². The second-order valence-corrected chi connectivity index (χ2v) is 6.78. The van der Waals surface area contributed by atoms with Crippen molar-refractivity contribution in [3.8, 4) is 0 Å². The van der Waals surface area contributed by atoms with Gasteiger partial charge in [-0.2, -0.15) is 0 Å². The van der Waals surface area contributed by atoms with E-state index in [2.05, 4.69) is 24.5 Å². The van der Waals surface area contributed by atoms with Gasteiger partial charge in [0.15, 0.2) is 0 Å². The fourth-order valence-electron chi connectivity index (χ4n) is 2.41. The summed E-state index contributed by atoms with van der Waals surface area (Å²) in [4.78, 5) is 11.7. The van der Waals surface area contributed by atoms with Crippen LogP contribution in [0.15, 0.2) is 0 Å². The molecule has 0 aliphatic heterocycles. The fourth-order valence-corrected chi connectivity index (χ4v) is 2.41. The van der Waals surface area contributed by atoms with Gasteiger partial charge in [0.25, 0.3) is 0 Å². The molecule has 0 aromatic heterocycles. The molecule has 19 heavy (non-hydrogen) atoms. The molecule has 4 heteroatoms. The molecular formula is C15H30N2O2. The molecule has 1 atom stereocenters. The maximum absolute atomic E-state index is 11.7. The Morgan fingerprint density at radius 1 is 1.26 bits per heavy atom. The number of rotatable bonds is 6. The van der Waals surface area contributed by atoms with Crippen molar-refractivity contribution in [3.63, 3.8) is 0 Å². The van der Waals surface area contributed by atoms with E-state index in [9.17, 15) is 9.90 Å². The lowest BCUT2D eigenvalue weighted by atomic mass is 9.71. The lowest BCUT2D eigenvalue weighted by Gasteiger charge is -2.40. The van der Waals surface area contributed by atoms with Crippen LogP contribution >= 0.6 is 0 Å². The van der Waals surface area contributed by atoms with Gasteiger partial charge in [0, 0.05) is 13.1 Å². The van der Waals surface area contributed by atoms with E-state index in [1.807, 2.05) is 13.8 Å². The van der Waals surface area contributed by atoms with Crippen LogP contribution in [0, 0.1) is 5.41 Å². The van der Waals surface area contributed by atoms with Gasteiger partial charge in [0.2, 0.25) is 5.91 Å². The van der Waals surface area contributed by atoms with Crippen LogP contribution in [0.25, 0.3) is 0 Å². The first-order chi connectivity index (χ1) is 8.78. The van der Waals surface area contributed by atoms with Crippen LogP contribution in [0.3, 0.4) is 0 Å². The number of carbonyl (C=O) groups excluding carboxylic acids is 1. The van der Waals surface area contributed by atoms with E-state index in [0.717, 1.165) is 32.1 Å². The highest BCUT2D eigenvalue weighted by molar-refractivity contribution is 5.81. The topological polar surface area (TPSA) is 61.4 Å². The summed E-state index contributed by atoms with van der Waals surface area (Å²) >= 11 is 0. The predicted octanol–water partition coefficient (Wildman–Crippen LogP) is 1.82. The predicted molar refractivity (Wildman–Crippen MR) is 78.0 cm³/mol. The van der Waals surface area contributed by atoms with E-state index in [1.54, 1.807) is 0 Å². The van der Waals surface area contributed by atoms with Gasteiger partial charge < -0.3 is 15.7 Å². The minimum absolute atomic E-state index is 0.0154. The summed E-state index contributed by atoms with van der Waals surface area (Å²) in [6.45, 7) is 9.60. The van der Waals surface area contributed by atoms with Gasteiger partial charge in [-0.3, -0.25) is 4.79 Å². The Labute approximate surface area is 117 Å². The maximum Gasteiger partial charge on any atom is 0.236 e. The molecular weight excluding hydrogens is 240 g/mol. The first-order valence-corrected chi connectivity index (χ1v) is 7.51. The number of hydrogen-bond donors (Lipinski definition) is 3. The van der Waals surface area contributed by atoms with Crippen LogP contribution in [0.1, 0.15) is 59.8 Å². The van der Waals surface area contributed by atoms with Crippen LogP contribution in [0.2, 0.25) is 0 Å². The molecule has 1 fully saturated rings. The average Bonchev–Trinajstić information content (AvgIpc) is 2.37. The minimum atomic E-state index is -0.644. The number of carbonyl (C=O) groups is 1. The lowest BCUT2D eigenvalue weighted by molar-refractivity contribution is -0.123. The molecule has 4 nitrogen and oxygen atoms in total. The number of nitrogens with one attached hydrogen (secondary N) is 2. The van der Waals surface area contributed by atoms with Crippen LogP contribution in [0.4, 0.5) is 0 Å². The highest BCUT2D eigenvalue weighted by Gasteiger charge is 2.36. The monoisotopic (exact) mass is 270 g/mol. The largest absolute Gasteiger partial charge is 0.389 e. The zero-order valence-electron chi connectivity index (χ0n) is 12.9. The Hall–Kier alpha value is -0.610. The highest BCUT2D eigenvalue weighted by Crippen LogP contribution is 2.39. The molecule has 0 heterocycles. The van der Waals surface area contributed by atoms with Gasteiger partial charge in [-0.1, -0.05) is 20.8 Å². The van der Waals surface area contributed by atoms with Gasteiger partial charge in [0.05, 0.1) is 11.6 Å². The van der Waals surface area contributed by atoms with Crippen molar-refractivity contribution < 1.29 is 9.90 Å². The Kier molecular flexibility index (Phi) is 5.81. The molecule has 112 valence electrons. The van der Waals surface area contributed by atoms with Crippen molar-refractivity contribution in [2.45, 2.75) is 71.4 Å². The molecule has 1 amide bonds. The third-order valence-electron chi connectivity index (χ3n) is 4.21. The third-order valence-corrected chi connectivity index (χ3v) is 4.21. The highest BCUT2D eigenvalue weighted by atomic mass is 16.3. The van der Waals surface area contributed by atoms with Crippen LogP contribution in [-0.2, 0) is 4.79 Å². The van der Waals surface area contributed by atoms with E-state index < -0.39 is 5.60 Å². The minimum Gasteiger partial charge on any atom is -0.389 e. The standard InChI is InChI=1S/C15H30N2O2/c1-5-10-16-13(18)12(2)17-11-15(19)8-6-14(3,4)7-9-15/h12,17,19H,5-11H2,1-4H3,(H,16,18). The van der Waals surface area contributed by atoms with E-state index in [4.69, 9.17) is 0 Å². The number of hydrogen-bond acceptors (Lipinski definition) is 3. The zero-order chi connectivity index (χ0) is 14.5. The lowest BCUT2D eigenvalue weighted by Crippen LogP contribution is -2.51. The summed E-state index contributed by atoms with van der Waals surface area (Å²) in [6.07, 6.45) is 4.66. The first-order valence-electron chi connectivity index (χ1n) is 7.51. The normalized spacial score (nSPS) is 22.8. The molecule has 0 saturated heterocycles. The number of amides is 1. The summed E-state index contributed by atoms with van der Waals surface area (Å²) in [7, 11) is 0. The summed E-state index contributed by atoms with van der Waals surface area (Å²) in [5.74, 6) is 0.0154. The van der Waals surface area contributed by atoms with Crippen LogP contribution in [-0.4, -0.2) is 35.7 Å². The van der Waals surface area contributed by atoms with E-state index in [-0.39, 0.29) is 11.9 Å². The van der Waals surface area contributed by atoms with Gasteiger partial charge in [0.1, 0.15) is 0 Å². The Morgan fingerprint density at radius 2 is 1.84 bits per heavy atom. The summed E-state index contributed by atoms with van der Waals surface area (Å²) < 4.78 is 0. The van der Waals surface area contributed by atoms with E-state index in [0.29, 0.717) is 18.5 Å². The van der Waals surface area contributed by atoms with Crippen molar-refractivity contribution in [2.75, 3.05) is 13.1 Å². The summed E-state index contributed by atoms with van der Waals surface area (Å²) in [5.41, 5.74) is -0.300. The average molecular weight is 270 g/mol. The molecule has 0 spiro atoms. The summed E-state index contributed by atoms with van der Waals surface area (Å²) in [6, 6.07) is -0.245. The molecule has 3 N–H and O–H groups in total. The molecule has 1 rings (SSSR count). The quantitative estimate of drug-likeness (QED) is 0.690. The molecule has 1 aliphatic carbocycles. The second kappa shape index (κ2) is 6.71. The SMILES string of the molecule is CCCNC(=O)C(C)NCC1(O)CCC(C)(C)CC1. The molecule has 0 bridgehead atoms. The van der Waals surface area contributed by atoms with Crippen molar-refractivity contribution in [2.24, 2.45) is 5.41 Å². The van der Waals surface area contributed by atoms with Crippen molar-refractivity contribution in [1.82, 2.24) is 10.6 Å². The Balaban J connectivity index is 2.33. The summed E-state index contributed by atoms with van der Waals surface area (Å²) in [5, 5.41) is 16.5. The van der Waals surface area contributed by atoms with Crippen molar-refractivity contribution in [1.29, 1.82) is 0 Å². The molecule has 0 aromatic rings. The zero-order valence-corrected chi connectivity index (χ0v) is 12.9. The first kappa shape index (κ1) is 16.4. The molecule has 0 aromatic carbocycles. The van der Waals surface area contributed by atoms with E-state index >= 15 is 0 Å². The van der Waals surface area contributed by atoms with Gasteiger partial charge in [-0.15, -0.1) is 0 Å². The van der Waals surface area contributed by atoms with E-state index in [1.165, 1.54) is 0 Å². The third kappa shape index (κ3) is 5.49. The second-order valence-electron chi connectivity index (χ2n) is 6.78. The fraction of sp³-hybridized carbons (Fsp3) is 0.933. The van der Waals surface area contributed by atoms with Crippen molar-refractivity contribution >= 4 is 5.91 Å². The molecule has 0 radical (unpaired) electrons. The number of aliphatic hydroxyl groups is 1. The molecule has 1 unspecified atom stereocenters. The Morgan fingerprint density at radius 3 is 2.37 bits per heavy atom. The van der Waals surface area contributed by atoms with Crippen molar-refractivity contribution in [3.05, 3.63) is 0 Å². The molecule has 1 saturated carbocycles. The Bertz CT molecular complexity index is 293. The van der Waals surface area contributed by atoms with Gasteiger partial charge >= 0.3 is 0 Å². The van der Waals surface area contributed by atoms with Crippen LogP contribution in [0.5, 0.6) is 0 Å². The smallest absolute Gasteiger partial charge is 0.236 e. The molecule has 1 aliphatic rings. The van der Waals surface area contributed by atoms with Gasteiger partial charge in [-0.05, 0) is 44.4 Å².